The number of ether oxygens (including phenoxy) is 1. The van der Waals surface area contributed by atoms with Gasteiger partial charge in [-0.15, -0.1) is 0 Å². The third kappa shape index (κ3) is 2.55. The molecule has 2 nitrogen and oxygen atoms in total. The Morgan fingerprint density at radius 3 is 2.62 bits per heavy atom. The van der Waals surface area contributed by atoms with E-state index in [9.17, 15) is 0 Å². The normalized spacial score (nSPS) is 10.1. The van der Waals surface area contributed by atoms with Crippen LogP contribution in [0.25, 0.3) is 0 Å². The fraction of sp³-hybridized carbons (Fsp3) is 0.0769. The van der Waals surface area contributed by atoms with Crippen molar-refractivity contribution in [2.24, 2.45) is 0 Å². The van der Waals surface area contributed by atoms with Crippen molar-refractivity contribution in [2.75, 3.05) is 5.73 Å². The van der Waals surface area contributed by atoms with Crippen LogP contribution in [0.5, 0.6) is 11.5 Å². The minimum absolute atomic E-state index is 0.621. The number of nitrogen functional groups attached to an aromatic ring is 1. The van der Waals surface area contributed by atoms with Gasteiger partial charge in [-0.3, -0.25) is 0 Å². The molecular weight excluding hydrogens is 266 g/mol. The lowest BCUT2D eigenvalue weighted by atomic mass is 10.2. The Hall–Kier alpha value is -1.48. The molecule has 2 rings (SSSR count). The second-order valence-corrected chi connectivity index (χ2v) is 4.52. The van der Waals surface area contributed by atoms with E-state index in [-0.39, 0.29) is 0 Å². The third-order valence-electron chi connectivity index (χ3n) is 2.19. The molecule has 0 saturated carbocycles. The Labute approximate surface area is 103 Å². The molecule has 0 fully saturated rings. The van der Waals surface area contributed by atoms with E-state index in [0.717, 1.165) is 15.8 Å². The number of anilines is 1. The number of hydrogen-bond donors (Lipinski definition) is 1. The SMILES string of the molecule is Cc1cccc(Oc2ccc(Br)cc2N)c1. The summed E-state index contributed by atoms with van der Waals surface area (Å²) in [6.07, 6.45) is 0. The molecule has 2 N–H and O–H groups in total. The summed E-state index contributed by atoms with van der Waals surface area (Å²) in [5, 5.41) is 0. The molecule has 2 aromatic carbocycles. The molecule has 2 aromatic rings. The van der Waals surface area contributed by atoms with E-state index in [4.69, 9.17) is 10.5 Å². The molecule has 0 atom stereocenters. The van der Waals surface area contributed by atoms with E-state index in [2.05, 4.69) is 15.9 Å². The average molecular weight is 278 g/mol. The minimum atomic E-state index is 0.621. The van der Waals surface area contributed by atoms with Gasteiger partial charge in [-0.25, -0.2) is 0 Å². The first-order chi connectivity index (χ1) is 7.65. The fourth-order valence-electron chi connectivity index (χ4n) is 1.42. The molecule has 0 bridgehead atoms. The standard InChI is InChI=1S/C13H12BrNO/c1-9-3-2-4-11(7-9)16-13-6-5-10(14)8-12(13)15/h2-8H,15H2,1H3. The first-order valence-electron chi connectivity index (χ1n) is 4.95. The van der Waals surface area contributed by atoms with Gasteiger partial charge in [0.05, 0.1) is 5.69 Å². The lowest BCUT2D eigenvalue weighted by Gasteiger charge is -2.09. The van der Waals surface area contributed by atoms with Crippen LogP contribution in [0.15, 0.2) is 46.9 Å². The Morgan fingerprint density at radius 1 is 1.12 bits per heavy atom. The van der Waals surface area contributed by atoms with Crippen LogP contribution in [-0.2, 0) is 0 Å². The van der Waals surface area contributed by atoms with Crippen LogP contribution >= 0.6 is 15.9 Å². The van der Waals surface area contributed by atoms with Gasteiger partial charge in [-0.1, -0.05) is 28.1 Å². The van der Waals surface area contributed by atoms with Crippen LogP contribution in [0.4, 0.5) is 5.69 Å². The summed E-state index contributed by atoms with van der Waals surface area (Å²) >= 11 is 3.36. The molecule has 0 heterocycles. The van der Waals surface area contributed by atoms with E-state index in [0.29, 0.717) is 11.4 Å². The predicted molar refractivity (Wildman–Crippen MR) is 69.8 cm³/mol. The van der Waals surface area contributed by atoms with E-state index in [1.165, 1.54) is 0 Å². The highest BCUT2D eigenvalue weighted by Gasteiger charge is 2.02. The van der Waals surface area contributed by atoms with Gasteiger partial charge in [-0.05, 0) is 42.8 Å². The van der Waals surface area contributed by atoms with Crippen molar-refractivity contribution < 1.29 is 4.74 Å². The predicted octanol–water partition coefficient (Wildman–Crippen LogP) is 4.13. The van der Waals surface area contributed by atoms with Gasteiger partial charge in [-0.2, -0.15) is 0 Å². The molecule has 0 amide bonds. The number of benzene rings is 2. The van der Waals surface area contributed by atoms with Gasteiger partial charge in [0, 0.05) is 4.47 Å². The first-order valence-corrected chi connectivity index (χ1v) is 5.74. The zero-order valence-electron chi connectivity index (χ0n) is 8.91. The number of aryl methyl sites for hydroxylation is 1. The summed E-state index contributed by atoms with van der Waals surface area (Å²) < 4.78 is 6.65. The maximum absolute atomic E-state index is 5.85. The molecule has 0 unspecified atom stereocenters. The van der Waals surface area contributed by atoms with Gasteiger partial charge >= 0.3 is 0 Å². The highest BCUT2D eigenvalue weighted by atomic mass is 79.9. The van der Waals surface area contributed by atoms with Crippen LogP contribution in [0, 0.1) is 6.92 Å². The zero-order valence-corrected chi connectivity index (χ0v) is 10.5. The first kappa shape index (κ1) is 11.0. The van der Waals surface area contributed by atoms with E-state index in [1.54, 1.807) is 0 Å². The third-order valence-corrected chi connectivity index (χ3v) is 2.68. The van der Waals surface area contributed by atoms with Crippen molar-refractivity contribution in [1.82, 2.24) is 0 Å². The molecule has 0 aliphatic rings. The largest absolute Gasteiger partial charge is 0.455 e. The van der Waals surface area contributed by atoms with Crippen LogP contribution in [0.1, 0.15) is 5.56 Å². The van der Waals surface area contributed by atoms with E-state index < -0.39 is 0 Å². The maximum atomic E-state index is 5.85. The second-order valence-electron chi connectivity index (χ2n) is 3.60. The van der Waals surface area contributed by atoms with Gasteiger partial charge in [0.15, 0.2) is 0 Å². The zero-order chi connectivity index (χ0) is 11.5. The molecule has 0 aromatic heterocycles. The van der Waals surface area contributed by atoms with Crippen LogP contribution in [-0.4, -0.2) is 0 Å². The van der Waals surface area contributed by atoms with Gasteiger partial charge in [0.2, 0.25) is 0 Å². The highest BCUT2D eigenvalue weighted by Crippen LogP contribution is 2.29. The molecule has 16 heavy (non-hydrogen) atoms. The Morgan fingerprint density at radius 2 is 1.94 bits per heavy atom. The van der Waals surface area contributed by atoms with Crippen molar-refractivity contribution in [3.63, 3.8) is 0 Å². The molecule has 0 aliphatic carbocycles. The van der Waals surface area contributed by atoms with Crippen molar-refractivity contribution in [2.45, 2.75) is 6.92 Å². The van der Waals surface area contributed by atoms with Gasteiger partial charge < -0.3 is 10.5 Å². The summed E-state index contributed by atoms with van der Waals surface area (Å²) in [7, 11) is 0. The smallest absolute Gasteiger partial charge is 0.150 e. The number of hydrogen-bond acceptors (Lipinski definition) is 2. The van der Waals surface area contributed by atoms with Gasteiger partial charge in [0.25, 0.3) is 0 Å². The number of rotatable bonds is 2. The van der Waals surface area contributed by atoms with Crippen molar-refractivity contribution in [3.05, 3.63) is 52.5 Å². The van der Waals surface area contributed by atoms with Crippen molar-refractivity contribution in [3.8, 4) is 11.5 Å². The summed E-state index contributed by atoms with van der Waals surface area (Å²) in [5.74, 6) is 1.47. The Bertz CT molecular complexity index is 511. The monoisotopic (exact) mass is 277 g/mol. The fourth-order valence-corrected chi connectivity index (χ4v) is 1.80. The molecular formula is C13H12BrNO. The Kier molecular flexibility index (Phi) is 3.15. The second kappa shape index (κ2) is 4.58. The molecule has 0 aliphatic heterocycles. The topological polar surface area (TPSA) is 35.2 Å². The van der Waals surface area contributed by atoms with Gasteiger partial charge in [0.1, 0.15) is 11.5 Å². The van der Waals surface area contributed by atoms with Crippen molar-refractivity contribution in [1.29, 1.82) is 0 Å². The van der Waals surface area contributed by atoms with E-state index in [1.807, 2.05) is 49.4 Å². The minimum Gasteiger partial charge on any atom is -0.455 e. The summed E-state index contributed by atoms with van der Waals surface area (Å²) in [4.78, 5) is 0. The molecule has 0 radical (unpaired) electrons. The number of halogens is 1. The average Bonchev–Trinajstić information content (AvgIpc) is 2.22. The molecule has 82 valence electrons. The molecule has 0 saturated heterocycles. The van der Waals surface area contributed by atoms with Crippen LogP contribution in [0.3, 0.4) is 0 Å². The van der Waals surface area contributed by atoms with Crippen molar-refractivity contribution >= 4 is 21.6 Å². The molecule has 3 heteroatoms. The summed E-state index contributed by atoms with van der Waals surface area (Å²) in [5.41, 5.74) is 7.63. The molecule has 0 spiro atoms. The quantitative estimate of drug-likeness (QED) is 0.838. The summed E-state index contributed by atoms with van der Waals surface area (Å²) in [6, 6.07) is 13.4. The van der Waals surface area contributed by atoms with Crippen LogP contribution < -0.4 is 10.5 Å². The Balaban J connectivity index is 2.27. The van der Waals surface area contributed by atoms with E-state index >= 15 is 0 Å². The summed E-state index contributed by atoms with van der Waals surface area (Å²) in [6.45, 7) is 2.03. The number of nitrogens with two attached hydrogens (primary N) is 1. The lowest BCUT2D eigenvalue weighted by molar-refractivity contribution is 0.484. The lowest BCUT2D eigenvalue weighted by Crippen LogP contribution is -1.92. The maximum Gasteiger partial charge on any atom is 0.150 e. The highest BCUT2D eigenvalue weighted by molar-refractivity contribution is 9.10. The van der Waals surface area contributed by atoms with Crippen LogP contribution in [0.2, 0.25) is 0 Å².